The fourth-order valence-corrected chi connectivity index (χ4v) is 0.932. The molecule has 0 spiro atoms. The van der Waals surface area contributed by atoms with Crippen LogP contribution in [0.5, 0.6) is 0 Å². The SMILES string of the molecule is CCOC(=O)CC(=N)COC(=O)NC(C)(C)C. The molecule has 0 aromatic heterocycles. The van der Waals surface area contributed by atoms with Crippen LogP contribution in [0.2, 0.25) is 0 Å². The summed E-state index contributed by atoms with van der Waals surface area (Å²) in [7, 11) is 0. The lowest BCUT2D eigenvalue weighted by Gasteiger charge is -2.19. The molecule has 0 aliphatic carbocycles. The average molecular weight is 244 g/mol. The molecule has 0 aliphatic heterocycles. The average Bonchev–Trinajstić information content (AvgIpc) is 2.12. The Kier molecular flexibility index (Phi) is 6.23. The van der Waals surface area contributed by atoms with E-state index < -0.39 is 12.1 Å². The summed E-state index contributed by atoms with van der Waals surface area (Å²) in [5, 5.41) is 9.99. The maximum Gasteiger partial charge on any atom is 0.407 e. The molecular formula is C11H20N2O4. The Morgan fingerprint density at radius 2 is 1.82 bits per heavy atom. The quantitative estimate of drug-likeness (QED) is 0.566. The molecule has 0 aromatic carbocycles. The molecule has 1 amide bonds. The molecule has 0 aliphatic rings. The van der Waals surface area contributed by atoms with Gasteiger partial charge in [-0.25, -0.2) is 4.79 Å². The minimum absolute atomic E-state index is 0.00695. The summed E-state index contributed by atoms with van der Waals surface area (Å²) < 4.78 is 9.44. The smallest absolute Gasteiger partial charge is 0.407 e. The fraction of sp³-hybridized carbons (Fsp3) is 0.727. The van der Waals surface area contributed by atoms with Gasteiger partial charge in [0.25, 0.3) is 0 Å². The minimum atomic E-state index is -0.605. The van der Waals surface area contributed by atoms with Crippen LogP contribution in [0.15, 0.2) is 0 Å². The van der Waals surface area contributed by atoms with Crippen LogP contribution >= 0.6 is 0 Å². The van der Waals surface area contributed by atoms with Crippen molar-refractivity contribution in [3.63, 3.8) is 0 Å². The Balaban J connectivity index is 3.85. The van der Waals surface area contributed by atoms with Gasteiger partial charge in [-0.1, -0.05) is 0 Å². The second-order valence-electron chi connectivity index (χ2n) is 4.54. The van der Waals surface area contributed by atoms with Crippen molar-refractivity contribution in [3.05, 3.63) is 0 Å². The van der Waals surface area contributed by atoms with E-state index in [0.717, 1.165) is 0 Å². The first kappa shape index (κ1) is 15.4. The van der Waals surface area contributed by atoms with Gasteiger partial charge >= 0.3 is 12.1 Å². The third-order valence-corrected chi connectivity index (χ3v) is 1.52. The van der Waals surface area contributed by atoms with Gasteiger partial charge in [-0.3, -0.25) is 4.79 Å². The minimum Gasteiger partial charge on any atom is -0.466 e. The highest BCUT2D eigenvalue weighted by Gasteiger charge is 2.15. The zero-order valence-corrected chi connectivity index (χ0v) is 10.8. The molecule has 0 saturated heterocycles. The summed E-state index contributed by atoms with van der Waals surface area (Å²) in [6, 6.07) is 0. The van der Waals surface area contributed by atoms with Crippen molar-refractivity contribution >= 4 is 17.8 Å². The molecule has 0 aromatic rings. The highest BCUT2D eigenvalue weighted by molar-refractivity contribution is 5.98. The number of ether oxygens (including phenoxy) is 2. The molecule has 0 rings (SSSR count). The zero-order valence-electron chi connectivity index (χ0n) is 10.8. The van der Waals surface area contributed by atoms with Crippen LogP contribution in [0.1, 0.15) is 34.1 Å². The summed E-state index contributed by atoms with van der Waals surface area (Å²) in [5.74, 6) is -0.489. The molecule has 0 unspecified atom stereocenters. The third-order valence-electron chi connectivity index (χ3n) is 1.52. The maximum atomic E-state index is 11.2. The van der Waals surface area contributed by atoms with Gasteiger partial charge < -0.3 is 20.2 Å². The third kappa shape index (κ3) is 9.35. The number of nitrogens with one attached hydrogen (secondary N) is 2. The van der Waals surface area contributed by atoms with Crippen molar-refractivity contribution in [1.82, 2.24) is 5.32 Å². The number of carbonyl (C=O) groups excluding carboxylic acids is 2. The van der Waals surface area contributed by atoms with Crippen LogP contribution in [0.4, 0.5) is 4.79 Å². The van der Waals surface area contributed by atoms with E-state index >= 15 is 0 Å². The van der Waals surface area contributed by atoms with Gasteiger partial charge in [-0.05, 0) is 27.7 Å². The monoisotopic (exact) mass is 244 g/mol. The number of esters is 1. The lowest BCUT2D eigenvalue weighted by atomic mass is 10.1. The van der Waals surface area contributed by atoms with Crippen LogP contribution in [0.3, 0.4) is 0 Å². The molecule has 6 nitrogen and oxygen atoms in total. The first-order chi connectivity index (χ1) is 7.74. The van der Waals surface area contributed by atoms with Crippen LogP contribution < -0.4 is 5.32 Å². The number of alkyl carbamates (subject to hydrolysis) is 1. The van der Waals surface area contributed by atoms with Crippen LogP contribution in [-0.2, 0) is 14.3 Å². The molecule has 17 heavy (non-hydrogen) atoms. The molecular weight excluding hydrogens is 224 g/mol. The molecule has 0 saturated carbocycles. The number of amides is 1. The van der Waals surface area contributed by atoms with Crippen molar-refractivity contribution < 1.29 is 19.1 Å². The Morgan fingerprint density at radius 1 is 1.24 bits per heavy atom. The summed E-state index contributed by atoms with van der Waals surface area (Å²) in [4.78, 5) is 22.2. The molecule has 0 atom stereocenters. The standard InChI is InChI=1S/C11H20N2O4/c1-5-16-9(14)6-8(12)7-17-10(15)13-11(2,3)4/h12H,5-7H2,1-4H3,(H,13,15). The molecule has 2 N–H and O–H groups in total. The molecule has 0 radical (unpaired) electrons. The van der Waals surface area contributed by atoms with E-state index in [2.05, 4.69) is 10.1 Å². The Morgan fingerprint density at radius 3 is 2.29 bits per heavy atom. The fourth-order valence-electron chi connectivity index (χ4n) is 0.932. The van der Waals surface area contributed by atoms with Crippen molar-refractivity contribution in [2.75, 3.05) is 13.2 Å². The maximum absolute atomic E-state index is 11.2. The lowest BCUT2D eigenvalue weighted by Crippen LogP contribution is -2.41. The van der Waals surface area contributed by atoms with Crippen LogP contribution in [-0.4, -0.2) is 36.5 Å². The molecule has 98 valence electrons. The van der Waals surface area contributed by atoms with Gasteiger partial charge in [0.2, 0.25) is 0 Å². The Hall–Kier alpha value is -1.59. The Labute approximate surface area is 101 Å². The Bertz CT molecular complexity index is 294. The van der Waals surface area contributed by atoms with Crippen LogP contribution in [0, 0.1) is 5.41 Å². The van der Waals surface area contributed by atoms with Crippen molar-refractivity contribution in [1.29, 1.82) is 5.41 Å². The number of carbonyl (C=O) groups is 2. The molecule has 0 fully saturated rings. The second-order valence-corrected chi connectivity index (χ2v) is 4.54. The van der Waals surface area contributed by atoms with E-state index in [4.69, 9.17) is 10.1 Å². The highest BCUT2D eigenvalue weighted by Crippen LogP contribution is 1.99. The van der Waals surface area contributed by atoms with Crippen LogP contribution in [0.25, 0.3) is 0 Å². The normalized spacial score (nSPS) is 10.6. The number of hydrogen-bond acceptors (Lipinski definition) is 5. The first-order valence-corrected chi connectivity index (χ1v) is 5.41. The summed E-state index contributed by atoms with van der Waals surface area (Å²) in [6.07, 6.45) is -0.762. The van der Waals surface area contributed by atoms with Gasteiger partial charge in [0, 0.05) is 5.54 Å². The molecule has 0 bridgehead atoms. The van der Waals surface area contributed by atoms with Crippen molar-refractivity contribution in [2.24, 2.45) is 0 Å². The summed E-state index contributed by atoms with van der Waals surface area (Å²) in [6.45, 7) is 7.21. The van der Waals surface area contributed by atoms with E-state index in [0.29, 0.717) is 0 Å². The zero-order chi connectivity index (χ0) is 13.5. The number of hydrogen-bond donors (Lipinski definition) is 2. The van der Waals surface area contributed by atoms with E-state index in [9.17, 15) is 9.59 Å². The van der Waals surface area contributed by atoms with E-state index in [1.807, 2.05) is 20.8 Å². The summed E-state index contributed by atoms with van der Waals surface area (Å²) in [5.41, 5.74) is -0.382. The van der Waals surface area contributed by atoms with Gasteiger partial charge in [-0.2, -0.15) is 0 Å². The van der Waals surface area contributed by atoms with E-state index in [-0.39, 0.29) is 30.9 Å². The molecule has 0 heterocycles. The largest absolute Gasteiger partial charge is 0.466 e. The first-order valence-electron chi connectivity index (χ1n) is 5.41. The van der Waals surface area contributed by atoms with Crippen molar-refractivity contribution in [2.45, 2.75) is 39.7 Å². The van der Waals surface area contributed by atoms with Gasteiger partial charge in [-0.15, -0.1) is 0 Å². The number of rotatable bonds is 5. The lowest BCUT2D eigenvalue weighted by molar-refractivity contribution is -0.141. The predicted molar refractivity (Wildman–Crippen MR) is 63.2 cm³/mol. The van der Waals surface area contributed by atoms with Gasteiger partial charge in [0.15, 0.2) is 0 Å². The topological polar surface area (TPSA) is 88.5 Å². The van der Waals surface area contributed by atoms with Gasteiger partial charge in [0.05, 0.1) is 18.7 Å². The molecule has 6 heteroatoms. The summed E-state index contributed by atoms with van der Waals surface area (Å²) >= 11 is 0. The van der Waals surface area contributed by atoms with Crippen molar-refractivity contribution in [3.8, 4) is 0 Å². The van der Waals surface area contributed by atoms with E-state index in [1.54, 1.807) is 6.92 Å². The highest BCUT2D eigenvalue weighted by atomic mass is 16.6. The second kappa shape index (κ2) is 6.88. The predicted octanol–water partition coefficient (Wildman–Crippen LogP) is 1.48. The van der Waals surface area contributed by atoms with E-state index in [1.165, 1.54) is 0 Å². The van der Waals surface area contributed by atoms with Gasteiger partial charge in [0.1, 0.15) is 6.61 Å².